The Hall–Kier alpha value is -3.23. The Morgan fingerprint density at radius 2 is 1.85 bits per heavy atom. The molecule has 0 aliphatic heterocycles. The van der Waals surface area contributed by atoms with Crippen molar-refractivity contribution in [2.45, 2.75) is 13.0 Å². The van der Waals surface area contributed by atoms with Gasteiger partial charge in [0.05, 0.1) is 35.1 Å². The zero-order valence-corrected chi connectivity index (χ0v) is 14.9. The van der Waals surface area contributed by atoms with E-state index < -0.39 is 0 Å². The van der Waals surface area contributed by atoms with E-state index in [1.165, 1.54) is 4.88 Å². The summed E-state index contributed by atoms with van der Waals surface area (Å²) in [5, 5.41) is 11.0. The molecule has 0 unspecified atom stereocenters. The molecule has 1 aromatic carbocycles. The smallest absolute Gasteiger partial charge is 0.0991 e. The highest BCUT2D eigenvalue weighted by Gasteiger charge is 2.06. The van der Waals surface area contributed by atoms with Crippen molar-refractivity contribution in [1.29, 1.82) is 5.26 Å². The Bertz CT molecular complexity index is 1020. The molecule has 126 valence electrons. The largest absolute Gasteiger partial charge is 0.330 e. The van der Waals surface area contributed by atoms with Crippen LogP contribution in [0, 0.1) is 11.3 Å². The van der Waals surface area contributed by atoms with Gasteiger partial charge in [0.15, 0.2) is 0 Å². The highest BCUT2D eigenvalue weighted by Crippen LogP contribution is 2.22. The van der Waals surface area contributed by atoms with Crippen LogP contribution in [-0.2, 0) is 13.0 Å². The van der Waals surface area contributed by atoms with E-state index in [9.17, 15) is 0 Å². The predicted octanol–water partition coefficient (Wildman–Crippen LogP) is 4.52. The van der Waals surface area contributed by atoms with Gasteiger partial charge in [-0.3, -0.25) is 4.98 Å². The molecule has 0 saturated heterocycles. The number of imidazole rings is 1. The molecule has 3 heterocycles. The van der Waals surface area contributed by atoms with Crippen LogP contribution in [0.3, 0.4) is 0 Å². The van der Waals surface area contributed by atoms with Gasteiger partial charge < -0.3 is 4.57 Å². The first-order chi connectivity index (χ1) is 12.8. The van der Waals surface area contributed by atoms with Gasteiger partial charge in [-0.2, -0.15) is 5.26 Å². The van der Waals surface area contributed by atoms with Crippen LogP contribution < -0.4 is 0 Å². The van der Waals surface area contributed by atoms with E-state index in [0.717, 1.165) is 35.5 Å². The number of rotatable bonds is 5. The quantitative estimate of drug-likeness (QED) is 0.528. The van der Waals surface area contributed by atoms with Crippen molar-refractivity contribution in [3.05, 3.63) is 95.0 Å². The van der Waals surface area contributed by atoms with E-state index in [-0.39, 0.29) is 0 Å². The molecule has 4 aromatic rings. The standard InChI is InChI=1S/C21H16N4S/c22-11-17-5-3-16(4-6-17)10-19-13-23-15-25(19)14-18-7-8-20(24-12-18)21-2-1-9-26-21/h1-9,12-13,15H,10,14H2. The SMILES string of the molecule is N#Cc1ccc(Cc2cncn2Cc2ccc(-c3cccs3)nc2)cc1. The summed E-state index contributed by atoms with van der Waals surface area (Å²) in [6, 6.07) is 18.1. The lowest BCUT2D eigenvalue weighted by Gasteiger charge is -2.09. The van der Waals surface area contributed by atoms with Gasteiger partial charge in [0.25, 0.3) is 0 Å². The van der Waals surface area contributed by atoms with E-state index in [1.807, 2.05) is 49.1 Å². The molecule has 0 spiro atoms. The lowest BCUT2D eigenvalue weighted by Crippen LogP contribution is -2.04. The topological polar surface area (TPSA) is 54.5 Å². The number of hydrogen-bond donors (Lipinski definition) is 0. The molecule has 3 aromatic heterocycles. The second-order valence-electron chi connectivity index (χ2n) is 6.03. The summed E-state index contributed by atoms with van der Waals surface area (Å²) < 4.78 is 2.14. The van der Waals surface area contributed by atoms with Crippen LogP contribution >= 0.6 is 11.3 Å². The summed E-state index contributed by atoms with van der Waals surface area (Å²) in [5.41, 5.74) is 5.13. The molecule has 0 saturated carbocycles. The molecule has 0 fully saturated rings. The predicted molar refractivity (Wildman–Crippen MR) is 103 cm³/mol. The molecule has 0 radical (unpaired) electrons. The molecule has 5 heteroatoms. The average Bonchev–Trinajstić information content (AvgIpc) is 3.36. The van der Waals surface area contributed by atoms with Crippen molar-refractivity contribution in [3.8, 4) is 16.6 Å². The lowest BCUT2D eigenvalue weighted by molar-refractivity contribution is 0.751. The summed E-state index contributed by atoms with van der Waals surface area (Å²) in [6.07, 6.45) is 6.46. The van der Waals surface area contributed by atoms with Crippen molar-refractivity contribution in [1.82, 2.24) is 14.5 Å². The maximum Gasteiger partial charge on any atom is 0.0991 e. The average molecular weight is 356 g/mol. The van der Waals surface area contributed by atoms with Crippen LogP contribution in [-0.4, -0.2) is 14.5 Å². The van der Waals surface area contributed by atoms with E-state index in [1.54, 1.807) is 11.3 Å². The van der Waals surface area contributed by atoms with Crippen molar-refractivity contribution in [2.75, 3.05) is 0 Å². The molecule has 0 N–H and O–H groups in total. The molecule has 4 nitrogen and oxygen atoms in total. The molecule has 4 rings (SSSR count). The lowest BCUT2D eigenvalue weighted by atomic mass is 10.1. The molecule has 0 aliphatic carbocycles. The highest BCUT2D eigenvalue weighted by molar-refractivity contribution is 7.13. The van der Waals surface area contributed by atoms with E-state index in [2.05, 4.69) is 44.2 Å². The molecule has 26 heavy (non-hydrogen) atoms. The summed E-state index contributed by atoms with van der Waals surface area (Å²) in [4.78, 5) is 10.1. The molecule has 0 amide bonds. The Kier molecular flexibility index (Phi) is 4.59. The molecule has 0 bridgehead atoms. The fourth-order valence-electron chi connectivity index (χ4n) is 2.83. The van der Waals surface area contributed by atoms with Gasteiger partial charge in [0.1, 0.15) is 0 Å². The normalized spacial score (nSPS) is 10.6. The number of benzene rings is 1. The van der Waals surface area contributed by atoms with Gasteiger partial charge in [-0.05, 0) is 40.8 Å². The van der Waals surface area contributed by atoms with Gasteiger partial charge in [0.2, 0.25) is 0 Å². The number of nitrogens with zero attached hydrogens (tertiary/aromatic N) is 4. The Morgan fingerprint density at radius 1 is 1.00 bits per heavy atom. The van der Waals surface area contributed by atoms with Gasteiger partial charge in [-0.25, -0.2) is 4.98 Å². The van der Waals surface area contributed by atoms with Gasteiger partial charge >= 0.3 is 0 Å². The first-order valence-corrected chi connectivity index (χ1v) is 9.16. The molecular weight excluding hydrogens is 340 g/mol. The third kappa shape index (κ3) is 3.56. The number of hydrogen-bond acceptors (Lipinski definition) is 4. The minimum absolute atomic E-state index is 0.680. The molecular formula is C21H16N4S. The summed E-state index contributed by atoms with van der Waals surface area (Å²) in [5.74, 6) is 0. The van der Waals surface area contributed by atoms with Gasteiger partial charge in [-0.15, -0.1) is 11.3 Å². The first-order valence-electron chi connectivity index (χ1n) is 8.29. The number of thiophene rings is 1. The van der Waals surface area contributed by atoms with E-state index in [4.69, 9.17) is 5.26 Å². The monoisotopic (exact) mass is 356 g/mol. The molecule has 0 atom stereocenters. The van der Waals surface area contributed by atoms with Crippen LogP contribution in [0.25, 0.3) is 10.6 Å². The minimum Gasteiger partial charge on any atom is -0.330 e. The number of pyridine rings is 1. The van der Waals surface area contributed by atoms with Crippen molar-refractivity contribution in [2.24, 2.45) is 0 Å². The van der Waals surface area contributed by atoms with E-state index in [0.29, 0.717) is 5.56 Å². The number of aromatic nitrogens is 3. The van der Waals surface area contributed by atoms with Crippen LogP contribution in [0.4, 0.5) is 0 Å². The van der Waals surface area contributed by atoms with Gasteiger partial charge in [0, 0.05) is 24.5 Å². The number of nitriles is 1. The summed E-state index contributed by atoms with van der Waals surface area (Å²) in [7, 11) is 0. The maximum absolute atomic E-state index is 8.90. The van der Waals surface area contributed by atoms with E-state index >= 15 is 0 Å². The first kappa shape index (κ1) is 16.2. The third-order valence-corrected chi connectivity index (χ3v) is 5.11. The van der Waals surface area contributed by atoms with Gasteiger partial charge in [-0.1, -0.05) is 24.3 Å². The minimum atomic E-state index is 0.680. The van der Waals surface area contributed by atoms with Crippen LogP contribution in [0.5, 0.6) is 0 Å². The molecule has 0 aliphatic rings. The summed E-state index contributed by atoms with van der Waals surface area (Å²) >= 11 is 1.70. The second-order valence-corrected chi connectivity index (χ2v) is 6.98. The second kappa shape index (κ2) is 7.34. The fourth-order valence-corrected chi connectivity index (χ4v) is 3.53. The zero-order valence-electron chi connectivity index (χ0n) is 14.0. The third-order valence-electron chi connectivity index (χ3n) is 4.22. The summed E-state index contributed by atoms with van der Waals surface area (Å²) in [6.45, 7) is 0.739. The van der Waals surface area contributed by atoms with Crippen LogP contribution in [0.15, 0.2) is 72.6 Å². The Morgan fingerprint density at radius 3 is 2.54 bits per heavy atom. The zero-order chi connectivity index (χ0) is 17.8. The Balaban J connectivity index is 1.49. The van der Waals surface area contributed by atoms with Crippen molar-refractivity contribution < 1.29 is 0 Å². The van der Waals surface area contributed by atoms with Crippen LogP contribution in [0.2, 0.25) is 0 Å². The highest BCUT2D eigenvalue weighted by atomic mass is 32.1. The Labute approximate surface area is 156 Å². The van der Waals surface area contributed by atoms with Crippen molar-refractivity contribution >= 4 is 11.3 Å². The van der Waals surface area contributed by atoms with Crippen molar-refractivity contribution in [3.63, 3.8) is 0 Å². The maximum atomic E-state index is 8.90. The van der Waals surface area contributed by atoms with Crippen LogP contribution in [0.1, 0.15) is 22.4 Å². The fraction of sp³-hybridized carbons (Fsp3) is 0.0952.